The molecule has 1 aliphatic heterocycles. The van der Waals surface area contributed by atoms with Crippen LogP contribution < -0.4 is 10.6 Å². The molecule has 0 saturated carbocycles. The highest BCUT2D eigenvalue weighted by molar-refractivity contribution is 6.30. The van der Waals surface area contributed by atoms with Crippen LogP contribution in [0, 0.1) is 16.7 Å². The number of ketones is 1. The van der Waals surface area contributed by atoms with Gasteiger partial charge in [0.1, 0.15) is 17.3 Å². The van der Waals surface area contributed by atoms with E-state index in [2.05, 4.69) is 6.07 Å². The average Bonchev–Trinajstić information content (AvgIpc) is 3.38. The van der Waals surface area contributed by atoms with Gasteiger partial charge in [0.2, 0.25) is 0 Å². The molecule has 0 saturated heterocycles. The maximum Gasteiger partial charge on any atom is 0.338 e. The number of nitrogens with two attached hydrogens (primary N) is 1. The fourth-order valence-electron chi connectivity index (χ4n) is 5.33. The maximum atomic E-state index is 13.7. The van der Waals surface area contributed by atoms with Crippen LogP contribution in [-0.2, 0) is 9.53 Å². The normalized spacial score (nSPS) is 18.6. The molecule has 1 aliphatic carbocycles. The number of furan rings is 1. The number of nitrogens with zero attached hydrogens (tertiary/aromatic N) is 2. The van der Waals surface area contributed by atoms with Crippen molar-refractivity contribution < 1.29 is 18.7 Å². The Labute approximate surface area is 232 Å². The largest absolute Gasteiger partial charge is 0.462 e. The molecular weight excluding hydrogens is 514 g/mol. The maximum absolute atomic E-state index is 13.7. The number of ether oxygens (including phenoxy) is 1. The molecule has 5 rings (SSSR count). The van der Waals surface area contributed by atoms with E-state index >= 15 is 0 Å². The van der Waals surface area contributed by atoms with Crippen molar-refractivity contribution in [3.8, 4) is 17.4 Å². The summed E-state index contributed by atoms with van der Waals surface area (Å²) in [6.45, 7) is 6.15. The number of rotatable bonds is 5. The molecule has 2 aromatic carbocycles. The lowest BCUT2D eigenvalue weighted by Crippen LogP contribution is -2.42. The van der Waals surface area contributed by atoms with E-state index in [1.807, 2.05) is 26.0 Å². The Morgan fingerprint density at radius 1 is 1.13 bits per heavy atom. The molecule has 0 unspecified atom stereocenters. The van der Waals surface area contributed by atoms with Crippen LogP contribution in [0.15, 0.2) is 87.7 Å². The number of allylic oxidation sites excluding steroid dienone is 3. The lowest BCUT2D eigenvalue weighted by Gasteiger charge is -2.43. The average molecular weight is 542 g/mol. The van der Waals surface area contributed by atoms with Crippen LogP contribution >= 0.6 is 11.6 Å². The van der Waals surface area contributed by atoms with Gasteiger partial charge in [0, 0.05) is 34.0 Å². The zero-order valence-electron chi connectivity index (χ0n) is 22.0. The summed E-state index contributed by atoms with van der Waals surface area (Å²) in [5, 5.41) is 10.8. The highest BCUT2D eigenvalue weighted by Crippen LogP contribution is 2.50. The molecule has 39 heavy (non-hydrogen) atoms. The summed E-state index contributed by atoms with van der Waals surface area (Å²) in [5.74, 6) is 0.0873. The summed E-state index contributed by atoms with van der Waals surface area (Å²) in [7, 11) is 0. The van der Waals surface area contributed by atoms with Crippen LogP contribution in [0.4, 0.5) is 5.69 Å². The van der Waals surface area contributed by atoms with Gasteiger partial charge in [-0.15, -0.1) is 0 Å². The summed E-state index contributed by atoms with van der Waals surface area (Å²) < 4.78 is 11.3. The molecule has 1 atom stereocenters. The smallest absolute Gasteiger partial charge is 0.338 e. The van der Waals surface area contributed by atoms with Gasteiger partial charge >= 0.3 is 5.97 Å². The molecule has 8 heteroatoms. The number of esters is 1. The van der Waals surface area contributed by atoms with Crippen LogP contribution in [0.1, 0.15) is 55.6 Å². The first-order chi connectivity index (χ1) is 18.6. The summed E-state index contributed by atoms with van der Waals surface area (Å²) in [5.41, 5.74) is 9.83. The minimum atomic E-state index is -0.732. The molecule has 0 amide bonds. The number of carbonyl (C=O) groups excluding carboxylic acids is 2. The van der Waals surface area contributed by atoms with Crippen LogP contribution in [0.5, 0.6) is 0 Å². The van der Waals surface area contributed by atoms with Crippen molar-refractivity contribution in [2.75, 3.05) is 11.5 Å². The van der Waals surface area contributed by atoms with E-state index in [1.165, 1.54) is 0 Å². The number of hydrogen-bond acceptors (Lipinski definition) is 7. The number of hydrogen-bond donors (Lipinski definition) is 1. The molecule has 0 bridgehead atoms. The Hall–Kier alpha value is -4.28. The molecule has 7 nitrogen and oxygen atoms in total. The second kappa shape index (κ2) is 10.1. The van der Waals surface area contributed by atoms with Crippen molar-refractivity contribution in [1.82, 2.24) is 0 Å². The molecule has 0 fully saturated rings. The number of benzene rings is 2. The molecule has 1 aromatic heterocycles. The van der Waals surface area contributed by atoms with Crippen LogP contribution in [0.25, 0.3) is 11.3 Å². The van der Waals surface area contributed by atoms with E-state index in [1.54, 1.807) is 60.4 Å². The predicted octanol–water partition coefficient (Wildman–Crippen LogP) is 6.72. The van der Waals surface area contributed by atoms with Gasteiger partial charge in [-0.05, 0) is 67.3 Å². The first kappa shape index (κ1) is 26.3. The van der Waals surface area contributed by atoms with Crippen LogP contribution in [0.2, 0.25) is 5.02 Å². The Morgan fingerprint density at radius 3 is 2.46 bits per heavy atom. The van der Waals surface area contributed by atoms with Gasteiger partial charge in [-0.25, -0.2) is 4.79 Å². The highest BCUT2D eigenvalue weighted by atomic mass is 35.5. The molecule has 0 spiro atoms. The topological polar surface area (TPSA) is 110 Å². The van der Waals surface area contributed by atoms with Crippen LogP contribution in [0.3, 0.4) is 0 Å². The van der Waals surface area contributed by atoms with E-state index in [9.17, 15) is 14.9 Å². The van der Waals surface area contributed by atoms with Crippen molar-refractivity contribution in [2.45, 2.75) is 39.5 Å². The van der Waals surface area contributed by atoms with Gasteiger partial charge in [0.25, 0.3) is 0 Å². The van der Waals surface area contributed by atoms with E-state index in [4.69, 9.17) is 26.5 Å². The Kier molecular flexibility index (Phi) is 6.83. The molecule has 2 N–H and O–H groups in total. The first-order valence-electron chi connectivity index (χ1n) is 12.7. The standard InChI is InChI=1S/C31H28ClN3O4/c1-4-38-30(37)19-7-5-18(6-8-19)25-13-14-26(39-25)27-22(17-33)29(34)35(21-11-9-20(32)10-12-21)23-15-31(2,3)16-24(36)28(23)27/h5-14,27H,4,15-16,34H2,1-3H3/t27-/m0/s1. The molecule has 2 aliphatic rings. The lowest BCUT2D eigenvalue weighted by molar-refractivity contribution is -0.118. The van der Waals surface area contributed by atoms with Crippen molar-refractivity contribution in [2.24, 2.45) is 11.1 Å². The van der Waals surface area contributed by atoms with Crippen molar-refractivity contribution in [1.29, 1.82) is 5.26 Å². The zero-order valence-corrected chi connectivity index (χ0v) is 22.7. The number of halogens is 1. The fourth-order valence-corrected chi connectivity index (χ4v) is 5.45. The van der Waals surface area contributed by atoms with Gasteiger partial charge in [-0.2, -0.15) is 5.26 Å². The van der Waals surface area contributed by atoms with E-state index in [-0.39, 0.29) is 22.6 Å². The second-order valence-corrected chi connectivity index (χ2v) is 10.9. The SMILES string of the molecule is CCOC(=O)c1ccc(-c2ccc([C@@H]3C(C#N)=C(N)N(c4ccc(Cl)cc4)C4=C3C(=O)CC(C)(C)C4)o2)cc1. The number of Topliss-reactive ketones (excluding diaryl/α,β-unsaturated/α-hetero) is 1. The highest BCUT2D eigenvalue weighted by Gasteiger charge is 2.45. The summed E-state index contributed by atoms with van der Waals surface area (Å²) in [4.78, 5) is 27.5. The van der Waals surface area contributed by atoms with Gasteiger partial charge in [-0.1, -0.05) is 37.6 Å². The Bertz CT molecular complexity index is 1560. The van der Waals surface area contributed by atoms with Gasteiger partial charge in [0.15, 0.2) is 5.78 Å². The monoisotopic (exact) mass is 541 g/mol. The molecular formula is C31H28ClN3O4. The summed E-state index contributed by atoms with van der Waals surface area (Å²) in [6.07, 6.45) is 0.938. The third-order valence-corrected chi connectivity index (χ3v) is 7.31. The van der Waals surface area contributed by atoms with E-state index < -0.39 is 11.9 Å². The molecule has 198 valence electrons. The summed E-state index contributed by atoms with van der Waals surface area (Å²) >= 11 is 6.13. The fraction of sp³-hybridized carbons (Fsp3) is 0.258. The second-order valence-electron chi connectivity index (χ2n) is 10.5. The van der Waals surface area contributed by atoms with E-state index in [0.717, 1.165) is 16.9 Å². The molecule has 2 heterocycles. The third-order valence-electron chi connectivity index (χ3n) is 7.06. The zero-order chi connectivity index (χ0) is 27.9. The van der Waals surface area contributed by atoms with E-state index in [0.29, 0.717) is 47.1 Å². The van der Waals surface area contributed by atoms with Crippen molar-refractivity contribution in [3.63, 3.8) is 0 Å². The third kappa shape index (κ3) is 4.84. The predicted molar refractivity (Wildman–Crippen MR) is 149 cm³/mol. The quantitative estimate of drug-likeness (QED) is 0.357. The Balaban J connectivity index is 1.60. The Morgan fingerprint density at radius 2 is 1.82 bits per heavy atom. The minimum absolute atomic E-state index is 0.0396. The van der Waals surface area contributed by atoms with Crippen LogP contribution in [-0.4, -0.2) is 18.4 Å². The summed E-state index contributed by atoms with van der Waals surface area (Å²) in [6, 6.07) is 19.9. The minimum Gasteiger partial charge on any atom is -0.462 e. The number of anilines is 1. The van der Waals surface area contributed by atoms with Crippen molar-refractivity contribution in [3.05, 3.63) is 99.7 Å². The molecule has 0 radical (unpaired) electrons. The molecule has 3 aromatic rings. The number of nitriles is 1. The van der Waals surface area contributed by atoms with Gasteiger partial charge in [0.05, 0.1) is 29.7 Å². The first-order valence-corrected chi connectivity index (χ1v) is 13.1. The van der Waals surface area contributed by atoms with Gasteiger partial charge < -0.3 is 14.9 Å². The van der Waals surface area contributed by atoms with Gasteiger partial charge in [-0.3, -0.25) is 9.69 Å². The lowest BCUT2D eigenvalue weighted by atomic mass is 9.69. The number of carbonyl (C=O) groups is 2. The van der Waals surface area contributed by atoms with Crippen molar-refractivity contribution >= 4 is 29.0 Å².